The van der Waals surface area contributed by atoms with Crippen molar-refractivity contribution in [2.45, 2.75) is 45.1 Å². The molecule has 4 heteroatoms. The van der Waals surface area contributed by atoms with Crippen molar-refractivity contribution in [2.75, 3.05) is 13.1 Å². The van der Waals surface area contributed by atoms with Gasteiger partial charge in [-0.15, -0.1) is 10.2 Å². The first-order valence-corrected chi connectivity index (χ1v) is 5.74. The van der Waals surface area contributed by atoms with E-state index in [0.717, 1.165) is 18.9 Å². The number of hydrogen-bond acceptors (Lipinski definition) is 3. The molecular weight excluding hydrogens is 188 g/mol. The minimum atomic E-state index is 0.152. The lowest BCUT2D eigenvalue weighted by molar-refractivity contribution is 0.307. The second-order valence-corrected chi connectivity index (χ2v) is 5.00. The van der Waals surface area contributed by atoms with E-state index in [9.17, 15) is 0 Å². The highest BCUT2D eigenvalue weighted by atomic mass is 15.3. The lowest BCUT2D eigenvalue weighted by Gasteiger charge is -2.33. The van der Waals surface area contributed by atoms with Crippen LogP contribution in [0.2, 0.25) is 0 Å². The highest BCUT2D eigenvalue weighted by Gasteiger charge is 2.33. The maximum Gasteiger partial charge on any atom is 0.140 e. The summed E-state index contributed by atoms with van der Waals surface area (Å²) in [4.78, 5) is 0. The zero-order valence-electron chi connectivity index (χ0n) is 9.82. The predicted octanol–water partition coefficient (Wildman–Crippen LogP) is 1.50. The third-order valence-electron chi connectivity index (χ3n) is 3.27. The molecule has 1 aromatic heterocycles. The van der Waals surface area contributed by atoms with Gasteiger partial charge in [0, 0.05) is 18.0 Å². The predicted molar refractivity (Wildman–Crippen MR) is 59.9 cm³/mol. The molecule has 84 valence electrons. The van der Waals surface area contributed by atoms with Crippen LogP contribution < -0.4 is 5.32 Å². The van der Waals surface area contributed by atoms with Crippen molar-refractivity contribution in [1.82, 2.24) is 20.1 Å². The van der Waals surface area contributed by atoms with Crippen molar-refractivity contribution < 1.29 is 0 Å². The van der Waals surface area contributed by atoms with E-state index in [4.69, 9.17) is 0 Å². The Hall–Kier alpha value is -0.900. The van der Waals surface area contributed by atoms with Crippen LogP contribution in [0.4, 0.5) is 0 Å². The number of nitrogens with zero attached hydrogens (tertiary/aromatic N) is 3. The second kappa shape index (κ2) is 3.93. The summed E-state index contributed by atoms with van der Waals surface area (Å²) in [5.74, 6) is 1.13. The Morgan fingerprint density at radius 3 is 2.93 bits per heavy atom. The van der Waals surface area contributed by atoms with E-state index in [1.807, 2.05) is 6.33 Å². The fraction of sp³-hybridized carbons (Fsp3) is 0.818. The van der Waals surface area contributed by atoms with Gasteiger partial charge in [-0.05, 0) is 33.2 Å². The molecule has 1 aliphatic rings. The van der Waals surface area contributed by atoms with Gasteiger partial charge in [-0.25, -0.2) is 0 Å². The summed E-state index contributed by atoms with van der Waals surface area (Å²) in [6.45, 7) is 8.77. The minimum Gasteiger partial charge on any atom is -0.316 e. The van der Waals surface area contributed by atoms with Crippen LogP contribution in [0.1, 0.15) is 45.5 Å². The molecule has 2 rings (SSSR count). The van der Waals surface area contributed by atoms with Gasteiger partial charge in [0.25, 0.3) is 0 Å². The standard InChI is InChI=1S/C11H20N4/c1-9(2)15-8-13-14-10(15)11(3)5-4-6-12-7-11/h8-9,12H,4-7H2,1-3H3. The average Bonchev–Trinajstić information content (AvgIpc) is 2.67. The van der Waals surface area contributed by atoms with Gasteiger partial charge in [-0.3, -0.25) is 0 Å². The molecule has 1 aliphatic heterocycles. The Kier molecular flexibility index (Phi) is 2.78. The van der Waals surface area contributed by atoms with E-state index < -0.39 is 0 Å². The van der Waals surface area contributed by atoms with Crippen LogP contribution in [-0.2, 0) is 5.41 Å². The molecule has 1 unspecified atom stereocenters. The van der Waals surface area contributed by atoms with Gasteiger partial charge in [0.2, 0.25) is 0 Å². The maximum absolute atomic E-state index is 4.31. The number of piperidine rings is 1. The Balaban J connectivity index is 2.30. The lowest BCUT2D eigenvalue weighted by atomic mass is 9.82. The zero-order valence-corrected chi connectivity index (χ0v) is 9.82. The fourth-order valence-electron chi connectivity index (χ4n) is 2.30. The fourth-order valence-corrected chi connectivity index (χ4v) is 2.30. The van der Waals surface area contributed by atoms with Crippen LogP contribution in [-0.4, -0.2) is 27.9 Å². The summed E-state index contributed by atoms with van der Waals surface area (Å²) >= 11 is 0. The topological polar surface area (TPSA) is 42.7 Å². The molecule has 1 N–H and O–H groups in total. The molecule has 1 aromatic rings. The lowest BCUT2D eigenvalue weighted by Crippen LogP contribution is -2.43. The van der Waals surface area contributed by atoms with Gasteiger partial charge < -0.3 is 9.88 Å². The Morgan fingerprint density at radius 2 is 2.33 bits per heavy atom. The van der Waals surface area contributed by atoms with Crippen LogP contribution in [0, 0.1) is 0 Å². The third kappa shape index (κ3) is 1.91. The first-order chi connectivity index (χ1) is 7.13. The molecule has 1 saturated heterocycles. The number of rotatable bonds is 2. The van der Waals surface area contributed by atoms with E-state index in [1.165, 1.54) is 12.8 Å². The second-order valence-electron chi connectivity index (χ2n) is 5.00. The molecule has 0 saturated carbocycles. The molecule has 1 atom stereocenters. The van der Waals surface area contributed by atoms with Gasteiger partial charge in [-0.2, -0.15) is 0 Å². The van der Waals surface area contributed by atoms with Gasteiger partial charge >= 0.3 is 0 Å². The molecule has 0 bridgehead atoms. The summed E-state index contributed by atoms with van der Waals surface area (Å²) in [7, 11) is 0. The Bertz CT molecular complexity index is 323. The van der Waals surface area contributed by atoms with E-state index in [-0.39, 0.29) is 5.41 Å². The highest BCUT2D eigenvalue weighted by Crippen LogP contribution is 2.30. The molecule has 0 spiro atoms. The van der Waals surface area contributed by atoms with Crippen LogP contribution in [0.5, 0.6) is 0 Å². The van der Waals surface area contributed by atoms with Crippen LogP contribution >= 0.6 is 0 Å². The number of aromatic nitrogens is 3. The highest BCUT2D eigenvalue weighted by molar-refractivity contribution is 5.09. The maximum atomic E-state index is 4.31. The normalized spacial score (nSPS) is 27.2. The molecule has 2 heterocycles. The first-order valence-electron chi connectivity index (χ1n) is 5.74. The van der Waals surface area contributed by atoms with Crippen LogP contribution in [0.25, 0.3) is 0 Å². The van der Waals surface area contributed by atoms with Gasteiger partial charge in [0.15, 0.2) is 0 Å². The zero-order chi connectivity index (χ0) is 10.9. The summed E-state index contributed by atoms with van der Waals surface area (Å²) in [6, 6.07) is 0.439. The molecular formula is C11H20N4. The molecule has 1 fully saturated rings. The van der Waals surface area contributed by atoms with Crippen molar-refractivity contribution in [3.8, 4) is 0 Å². The third-order valence-corrected chi connectivity index (χ3v) is 3.27. The smallest absolute Gasteiger partial charge is 0.140 e. The SMILES string of the molecule is CC(C)n1cnnc1C1(C)CCCNC1. The van der Waals surface area contributed by atoms with Crippen LogP contribution in [0.15, 0.2) is 6.33 Å². The first kappa shape index (κ1) is 10.6. The largest absolute Gasteiger partial charge is 0.316 e. The summed E-state index contributed by atoms with van der Waals surface area (Å²) in [5, 5.41) is 11.8. The van der Waals surface area contributed by atoms with Crippen molar-refractivity contribution in [3.63, 3.8) is 0 Å². The van der Waals surface area contributed by atoms with Crippen molar-refractivity contribution in [1.29, 1.82) is 0 Å². The van der Waals surface area contributed by atoms with E-state index in [2.05, 4.69) is 40.9 Å². The summed E-state index contributed by atoms with van der Waals surface area (Å²) < 4.78 is 2.19. The average molecular weight is 208 g/mol. The molecule has 0 amide bonds. The Morgan fingerprint density at radius 1 is 1.53 bits per heavy atom. The quantitative estimate of drug-likeness (QED) is 0.801. The van der Waals surface area contributed by atoms with Crippen molar-refractivity contribution in [2.24, 2.45) is 0 Å². The molecule has 0 aliphatic carbocycles. The summed E-state index contributed by atoms with van der Waals surface area (Å²) in [6.07, 6.45) is 4.27. The molecule has 0 aromatic carbocycles. The van der Waals surface area contributed by atoms with E-state index in [0.29, 0.717) is 6.04 Å². The summed E-state index contributed by atoms with van der Waals surface area (Å²) in [5.41, 5.74) is 0.152. The molecule has 15 heavy (non-hydrogen) atoms. The van der Waals surface area contributed by atoms with Gasteiger partial charge in [-0.1, -0.05) is 6.92 Å². The molecule has 0 radical (unpaired) electrons. The van der Waals surface area contributed by atoms with Crippen LogP contribution in [0.3, 0.4) is 0 Å². The van der Waals surface area contributed by atoms with E-state index in [1.54, 1.807) is 0 Å². The number of hydrogen-bond donors (Lipinski definition) is 1. The monoisotopic (exact) mass is 208 g/mol. The number of nitrogens with one attached hydrogen (secondary N) is 1. The van der Waals surface area contributed by atoms with Gasteiger partial charge in [0.05, 0.1) is 0 Å². The van der Waals surface area contributed by atoms with Gasteiger partial charge in [0.1, 0.15) is 12.2 Å². The van der Waals surface area contributed by atoms with E-state index >= 15 is 0 Å². The molecule has 4 nitrogen and oxygen atoms in total. The van der Waals surface area contributed by atoms with Crippen molar-refractivity contribution in [3.05, 3.63) is 12.2 Å². The van der Waals surface area contributed by atoms with Crippen molar-refractivity contribution >= 4 is 0 Å². The Labute approximate surface area is 91.1 Å². The minimum absolute atomic E-state index is 0.152.